The third-order valence-corrected chi connectivity index (χ3v) is 5.46. The van der Waals surface area contributed by atoms with E-state index in [1.54, 1.807) is 0 Å². The number of hydrogen-bond acceptors (Lipinski definition) is 5. The smallest absolute Gasteiger partial charge is 0.237 e. The van der Waals surface area contributed by atoms with Crippen molar-refractivity contribution in [3.63, 3.8) is 0 Å². The Hall–Kier alpha value is -1.66. The van der Waals surface area contributed by atoms with Gasteiger partial charge in [-0.1, -0.05) is 6.07 Å². The van der Waals surface area contributed by atoms with Gasteiger partial charge in [0.2, 0.25) is 5.91 Å². The van der Waals surface area contributed by atoms with Crippen LogP contribution in [0.25, 0.3) is 0 Å². The van der Waals surface area contributed by atoms with Gasteiger partial charge in [-0.3, -0.25) is 9.69 Å². The largest absolute Gasteiger partial charge is 0.378 e. The highest BCUT2D eigenvalue weighted by molar-refractivity contribution is 5.81. The number of nitrogens with zero attached hydrogens (tertiary/aromatic N) is 3. The number of carbonyl (C=O) groups is 1. The molecule has 0 bridgehead atoms. The normalized spacial score (nSPS) is 25.8. The van der Waals surface area contributed by atoms with Crippen LogP contribution in [0.3, 0.4) is 0 Å². The van der Waals surface area contributed by atoms with E-state index in [4.69, 9.17) is 4.74 Å². The van der Waals surface area contributed by atoms with E-state index in [0.717, 1.165) is 37.7 Å². The zero-order chi connectivity index (χ0) is 17.8. The predicted octanol–water partition coefficient (Wildman–Crippen LogP) is 1.80. The van der Waals surface area contributed by atoms with E-state index in [9.17, 15) is 4.79 Å². The van der Waals surface area contributed by atoms with Crippen molar-refractivity contribution in [2.45, 2.75) is 58.3 Å². The lowest BCUT2D eigenvalue weighted by atomic mass is 10.2. The Kier molecular flexibility index (Phi) is 5.91. The number of amides is 1. The molecule has 3 rings (SSSR count). The standard InChI is InChI=1S/C19H30N4O2/c1-14-4-5-15(2)23(14)16(3)19(24)21-13-17-6-7-18(20-12-17)22-8-10-25-11-9-22/h6-7,12,14-16H,4-5,8-11,13H2,1-3H3,(H,21,24)/t14-,15-,16+/m1/s1. The van der Waals surface area contributed by atoms with Crippen molar-refractivity contribution in [3.05, 3.63) is 23.9 Å². The third kappa shape index (κ3) is 4.30. The van der Waals surface area contributed by atoms with Crippen LogP contribution >= 0.6 is 0 Å². The molecule has 2 saturated heterocycles. The molecule has 1 aromatic heterocycles. The van der Waals surface area contributed by atoms with Crippen LogP contribution < -0.4 is 10.2 Å². The molecule has 3 heterocycles. The number of likely N-dealkylation sites (tertiary alicyclic amines) is 1. The summed E-state index contributed by atoms with van der Waals surface area (Å²) in [6.45, 7) is 10.2. The Morgan fingerprint density at radius 2 is 1.96 bits per heavy atom. The summed E-state index contributed by atoms with van der Waals surface area (Å²) < 4.78 is 5.37. The number of nitrogens with one attached hydrogen (secondary N) is 1. The maximum absolute atomic E-state index is 12.5. The van der Waals surface area contributed by atoms with Gasteiger partial charge in [0.25, 0.3) is 0 Å². The van der Waals surface area contributed by atoms with Crippen LogP contribution in [0.15, 0.2) is 18.3 Å². The lowest BCUT2D eigenvalue weighted by Gasteiger charge is -2.31. The molecule has 6 nitrogen and oxygen atoms in total. The van der Waals surface area contributed by atoms with Gasteiger partial charge < -0.3 is 15.0 Å². The molecule has 0 spiro atoms. The average Bonchev–Trinajstić information content (AvgIpc) is 2.98. The van der Waals surface area contributed by atoms with E-state index in [-0.39, 0.29) is 11.9 Å². The van der Waals surface area contributed by atoms with Gasteiger partial charge in [-0.15, -0.1) is 0 Å². The fourth-order valence-corrected chi connectivity index (χ4v) is 3.95. The summed E-state index contributed by atoms with van der Waals surface area (Å²) in [5.74, 6) is 1.07. The van der Waals surface area contributed by atoms with Gasteiger partial charge in [0.15, 0.2) is 0 Å². The second kappa shape index (κ2) is 8.15. The molecule has 2 aliphatic heterocycles. The molecule has 0 aromatic carbocycles. The van der Waals surface area contributed by atoms with Crippen molar-refractivity contribution in [3.8, 4) is 0 Å². The first-order valence-electron chi connectivity index (χ1n) is 9.39. The number of aromatic nitrogens is 1. The lowest BCUT2D eigenvalue weighted by molar-refractivity contribution is -0.127. The molecule has 1 N–H and O–H groups in total. The van der Waals surface area contributed by atoms with Crippen molar-refractivity contribution in [1.82, 2.24) is 15.2 Å². The van der Waals surface area contributed by atoms with Crippen LogP contribution in [0.4, 0.5) is 5.82 Å². The Labute approximate surface area is 150 Å². The van der Waals surface area contributed by atoms with Crippen molar-refractivity contribution in [2.24, 2.45) is 0 Å². The summed E-state index contributed by atoms with van der Waals surface area (Å²) in [6, 6.07) is 4.94. The van der Waals surface area contributed by atoms with Gasteiger partial charge in [-0.25, -0.2) is 4.98 Å². The van der Waals surface area contributed by atoms with E-state index in [0.29, 0.717) is 18.6 Å². The molecule has 6 heteroatoms. The van der Waals surface area contributed by atoms with Gasteiger partial charge in [0, 0.05) is 37.9 Å². The van der Waals surface area contributed by atoms with Gasteiger partial charge in [0.1, 0.15) is 5.82 Å². The lowest BCUT2D eigenvalue weighted by Crippen LogP contribution is -2.48. The zero-order valence-corrected chi connectivity index (χ0v) is 15.6. The second-order valence-corrected chi connectivity index (χ2v) is 7.24. The highest BCUT2D eigenvalue weighted by Crippen LogP contribution is 2.25. The first-order valence-corrected chi connectivity index (χ1v) is 9.39. The first kappa shape index (κ1) is 18.1. The molecule has 2 fully saturated rings. The predicted molar refractivity (Wildman–Crippen MR) is 98.6 cm³/mol. The maximum Gasteiger partial charge on any atom is 0.237 e. The van der Waals surface area contributed by atoms with Crippen LogP contribution in [0.2, 0.25) is 0 Å². The van der Waals surface area contributed by atoms with Crippen LogP contribution in [-0.4, -0.2) is 60.2 Å². The number of rotatable bonds is 5. The van der Waals surface area contributed by atoms with Gasteiger partial charge >= 0.3 is 0 Å². The quantitative estimate of drug-likeness (QED) is 0.881. The minimum Gasteiger partial charge on any atom is -0.378 e. The molecule has 0 unspecified atom stereocenters. The average molecular weight is 346 g/mol. The molecule has 2 aliphatic rings. The van der Waals surface area contributed by atoms with Crippen LogP contribution in [0.5, 0.6) is 0 Å². The topological polar surface area (TPSA) is 57.7 Å². The van der Waals surface area contributed by atoms with E-state index in [1.807, 2.05) is 25.3 Å². The maximum atomic E-state index is 12.5. The molecule has 25 heavy (non-hydrogen) atoms. The number of pyridine rings is 1. The minimum absolute atomic E-state index is 0.0897. The molecule has 0 radical (unpaired) electrons. The van der Waals surface area contributed by atoms with Crippen LogP contribution in [-0.2, 0) is 16.1 Å². The second-order valence-electron chi connectivity index (χ2n) is 7.24. The van der Waals surface area contributed by atoms with E-state index >= 15 is 0 Å². The molecule has 3 atom stereocenters. The fraction of sp³-hybridized carbons (Fsp3) is 0.684. The highest BCUT2D eigenvalue weighted by atomic mass is 16.5. The highest BCUT2D eigenvalue weighted by Gasteiger charge is 2.34. The summed E-state index contributed by atoms with van der Waals surface area (Å²) in [4.78, 5) is 21.6. The van der Waals surface area contributed by atoms with Gasteiger partial charge in [0.05, 0.1) is 19.3 Å². The van der Waals surface area contributed by atoms with E-state index in [2.05, 4.69) is 33.9 Å². The van der Waals surface area contributed by atoms with E-state index < -0.39 is 0 Å². The van der Waals surface area contributed by atoms with Crippen molar-refractivity contribution in [1.29, 1.82) is 0 Å². The Morgan fingerprint density at radius 3 is 2.56 bits per heavy atom. The summed E-state index contributed by atoms with van der Waals surface area (Å²) >= 11 is 0. The van der Waals surface area contributed by atoms with Gasteiger partial charge in [-0.2, -0.15) is 0 Å². The van der Waals surface area contributed by atoms with E-state index in [1.165, 1.54) is 12.8 Å². The molecule has 0 aliphatic carbocycles. The first-order chi connectivity index (χ1) is 12.1. The van der Waals surface area contributed by atoms with Gasteiger partial charge in [-0.05, 0) is 45.2 Å². The zero-order valence-electron chi connectivity index (χ0n) is 15.6. The monoisotopic (exact) mass is 346 g/mol. The summed E-state index contributed by atoms with van der Waals surface area (Å²) in [7, 11) is 0. The van der Waals surface area contributed by atoms with Crippen LogP contribution in [0, 0.1) is 0 Å². The Morgan fingerprint density at radius 1 is 1.28 bits per heavy atom. The Bertz CT molecular complexity index is 561. The number of hydrogen-bond donors (Lipinski definition) is 1. The number of morpholine rings is 1. The van der Waals surface area contributed by atoms with Crippen molar-refractivity contribution >= 4 is 11.7 Å². The molecule has 138 valence electrons. The number of carbonyl (C=O) groups excluding carboxylic acids is 1. The number of anilines is 1. The molecular weight excluding hydrogens is 316 g/mol. The molecule has 1 aromatic rings. The summed E-state index contributed by atoms with van der Waals surface area (Å²) in [5.41, 5.74) is 1.03. The van der Waals surface area contributed by atoms with Crippen molar-refractivity contribution < 1.29 is 9.53 Å². The fourth-order valence-electron chi connectivity index (χ4n) is 3.95. The SMILES string of the molecule is C[C@@H]1CC[C@@H](C)N1[C@@H](C)C(=O)NCc1ccc(N2CCOCC2)nc1. The minimum atomic E-state index is -0.0897. The number of ether oxygens (including phenoxy) is 1. The molecular formula is C19H30N4O2. The van der Waals surface area contributed by atoms with Crippen molar-refractivity contribution in [2.75, 3.05) is 31.2 Å². The van der Waals surface area contributed by atoms with Crippen LogP contribution in [0.1, 0.15) is 39.2 Å². The summed E-state index contributed by atoms with van der Waals surface area (Å²) in [6.07, 6.45) is 4.20. The molecule has 0 saturated carbocycles. The molecule has 1 amide bonds. The summed E-state index contributed by atoms with van der Waals surface area (Å²) in [5, 5.41) is 3.06. The third-order valence-electron chi connectivity index (χ3n) is 5.46. The Balaban J connectivity index is 1.51.